The number of carbonyl (C=O) groups is 1. The van der Waals surface area contributed by atoms with Gasteiger partial charge in [-0.2, -0.15) is 5.43 Å². The molecular weight excluding hydrogens is 122 g/mol. The predicted octanol–water partition coefficient (Wildman–Crippen LogP) is -1.00. The lowest BCUT2D eigenvalue weighted by atomic mass is 10.8. The summed E-state index contributed by atoms with van der Waals surface area (Å²) in [4.78, 5) is 10.3. The van der Waals surface area contributed by atoms with Gasteiger partial charge >= 0.3 is 6.34 Å². The lowest BCUT2D eigenvalue weighted by molar-refractivity contribution is -0.122. The van der Waals surface area contributed by atoms with E-state index in [-0.39, 0.29) is 5.91 Å². The third kappa shape index (κ3) is 1.48. The Bertz CT molecular complexity index is 161. The third-order valence-corrected chi connectivity index (χ3v) is 0.621. The van der Waals surface area contributed by atoms with E-state index in [2.05, 4.69) is 21.0 Å². The van der Waals surface area contributed by atoms with E-state index in [1.54, 1.807) is 0 Å². The molecule has 0 saturated heterocycles. The van der Waals surface area contributed by atoms with Gasteiger partial charge in [-0.3, -0.25) is 4.79 Å². The van der Waals surface area contributed by atoms with Crippen LogP contribution in [-0.4, -0.2) is 17.4 Å². The number of rotatable bonds is 1. The molecule has 1 aliphatic rings. The number of carbonyl (C=O) groups excluding carboxylic acids is 1. The van der Waals surface area contributed by atoms with Crippen LogP contribution >= 0.6 is 0 Å². The summed E-state index contributed by atoms with van der Waals surface area (Å²) in [6, 6.07) is 0. The molecule has 9 heavy (non-hydrogen) atoms. The van der Waals surface area contributed by atoms with Crippen LogP contribution in [-0.2, 0) is 4.79 Å². The molecule has 0 spiro atoms. The van der Waals surface area contributed by atoms with E-state index < -0.39 is 0 Å². The van der Waals surface area contributed by atoms with Gasteiger partial charge in [0.1, 0.15) is 5.22 Å². The molecule has 1 radical (unpaired) electrons. The normalized spacial score (nSPS) is 14.6. The van der Waals surface area contributed by atoms with Crippen molar-refractivity contribution in [3.63, 3.8) is 0 Å². The number of nitrogens with zero attached hydrogens (tertiary/aromatic N) is 4. The minimum Gasteiger partial charge on any atom is -0.272 e. The van der Waals surface area contributed by atoms with Gasteiger partial charge in [0.15, 0.2) is 5.22 Å². The minimum atomic E-state index is -0.206. The first kappa shape index (κ1) is 5.67. The Kier molecular flexibility index (Phi) is 1.39. The average Bonchev–Trinajstić information content (AvgIpc) is 2.15. The highest BCUT2D eigenvalue weighted by Gasteiger charge is 2.14. The van der Waals surface area contributed by atoms with E-state index >= 15 is 0 Å². The molecule has 0 fully saturated rings. The van der Waals surface area contributed by atoms with Crippen LogP contribution in [0.25, 0.3) is 0 Å². The summed E-state index contributed by atoms with van der Waals surface area (Å²) >= 11 is 0. The van der Waals surface area contributed by atoms with E-state index in [0.29, 0.717) is 0 Å². The highest BCUT2D eigenvalue weighted by Crippen LogP contribution is 1.82. The number of hydrogen-bond donors (Lipinski definition) is 1. The molecule has 1 N–H and O–H groups in total. The molecule has 47 valence electrons. The van der Waals surface area contributed by atoms with Crippen LogP contribution in [0.3, 0.4) is 0 Å². The van der Waals surface area contributed by atoms with E-state index in [1.807, 2.05) is 0 Å². The maximum absolute atomic E-state index is 10.3. The predicted molar refractivity (Wildman–Crippen MR) is 28.7 cm³/mol. The topological polar surface area (TPSA) is 71.2 Å². The van der Waals surface area contributed by atoms with Crippen LogP contribution in [0.1, 0.15) is 6.92 Å². The summed E-state index contributed by atoms with van der Waals surface area (Å²) in [5.74, 6) is -0.206. The largest absolute Gasteiger partial charge is 0.313 e. The first-order valence-electron chi connectivity index (χ1n) is 2.29. The fraction of sp³-hybridized carbons (Fsp3) is 0.333. The van der Waals surface area contributed by atoms with Gasteiger partial charge in [0.2, 0.25) is 5.91 Å². The molecule has 1 aliphatic heterocycles. The molecule has 0 aromatic carbocycles. The zero-order valence-electron chi connectivity index (χ0n) is 4.77. The summed E-state index contributed by atoms with van der Waals surface area (Å²) < 4.78 is 0. The standard InChI is InChI=1S/C3H5N5O/c1-3(9)5-8-2-4-6-7-8/h2H,1H3,(H,5,9)/q+1. The zero-order chi connectivity index (χ0) is 6.69. The molecule has 1 amide bonds. The average molecular weight is 127 g/mol. The lowest BCUT2D eigenvalue weighted by Gasteiger charge is -1.94. The van der Waals surface area contributed by atoms with Crippen LogP contribution in [0.15, 0.2) is 10.4 Å². The minimum absolute atomic E-state index is 0.206. The molecule has 6 heteroatoms. The van der Waals surface area contributed by atoms with Crippen molar-refractivity contribution in [2.75, 3.05) is 0 Å². The SMILES string of the molecule is CC(=O)NN1C=[N+]N=N1. The monoisotopic (exact) mass is 127 g/mol. The van der Waals surface area contributed by atoms with Crippen LogP contribution in [0, 0.1) is 0 Å². The molecule has 0 bridgehead atoms. The summed E-state index contributed by atoms with van der Waals surface area (Å²) in [6.07, 6.45) is 1.29. The van der Waals surface area contributed by atoms with E-state index in [9.17, 15) is 4.79 Å². The Labute approximate surface area is 51.2 Å². The maximum Gasteiger partial charge on any atom is 0.313 e. The second kappa shape index (κ2) is 2.21. The number of nitrogens with one attached hydrogen (secondary N) is 1. The number of hydrogen-bond acceptors (Lipinski definition) is 5. The highest BCUT2D eigenvalue weighted by atomic mass is 16.2. The van der Waals surface area contributed by atoms with Crippen molar-refractivity contribution in [1.82, 2.24) is 15.6 Å². The summed E-state index contributed by atoms with van der Waals surface area (Å²) in [5, 5.41) is 11.1. The first-order chi connectivity index (χ1) is 4.29. The summed E-state index contributed by atoms with van der Waals surface area (Å²) in [7, 11) is 0. The van der Waals surface area contributed by atoms with Crippen LogP contribution in [0.2, 0.25) is 0 Å². The van der Waals surface area contributed by atoms with Crippen molar-refractivity contribution in [2.24, 2.45) is 10.4 Å². The van der Waals surface area contributed by atoms with Gasteiger partial charge in [-0.05, 0) is 0 Å². The third-order valence-electron chi connectivity index (χ3n) is 0.621. The second-order valence-corrected chi connectivity index (χ2v) is 1.42. The lowest BCUT2D eigenvalue weighted by Crippen LogP contribution is -2.34. The van der Waals surface area contributed by atoms with Crippen molar-refractivity contribution in [3.05, 3.63) is 0 Å². The molecule has 1 heterocycles. The maximum atomic E-state index is 10.3. The van der Waals surface area contributed by atoms with Crippen molar-refractivity contribution >= 4 is 12.2 Å². The number of amides is 1. The molecule has 0 aromatic rings. The summed E-state index contributed by atoms with van der Waals surface area (Å²) in [6.45, 7) is 1.38. The molecule has 1 rings (SSSR count). The molecule has 6 nitrogen and oxygen atoms in total. The quantitative estimate of drug-likeness (QED) is 0.490. The number of hydrazine groups is 1. The Morgan fingerprint density at radius 3 is 3.11 bits per heavy atom. The second-order valence-electron chi connectivity index (χ2n) is 1.42. The zero-order valence-corrected chi connectivity index (χ0v) is 4.77. The molecular formula is C3H5N5O+. The van der Waals surface area contributed by atoms with Gasteiger partial charge in [0.25, 0.3) is 0 Å². The van der Waals surface area contributed by atoms with Gasteiger partial charge in [-0.25, -0.2) is 0 Å². The molecule has 0 atom stereocenters. The van der Waals surface area contributed by atoms with Gasteiger partial charge < -0.3 is 0 Å². The fourth-order valence-electron chi connectivity index (χ4n) is 0.374. The van der Waals surface area contributed by atoms with E-state index in [0.717, 1.165) is 5.12 Å². The van der Waals surface area contributed by atoms with E-state index in [4.69, 9.17) is 0 Å². The van der Waals surface area contributed by atoms with Crippen molar-refractivity contribution < 1.29 is 4.79 Å². The Morgan fingerprint density at radius 1 is 1.89 bits per heavy atom. The van der Waals surface area contributed by atoms with Gasteiger partial charge in [0, 0.05) is 17.1 Å². The Morgan fingerprint density at radius 2 is 2.67 bits per heavy atom. The Balaban J connectivity index is 2.37. The van der Waals surface area contributed by atoms with Crippen LogP contribution in [0.4, 0.5) is 0 Å². The van der Waals surface area contributed by atoms with Crippen molar-refractivity contribution in [1.29, 1.82) is 0 Å². The van der Waals surface area contributed by atoms with Crippen molar-refractivity contribution in [2.45, 2.75) is 6.92 Å². The molecule has 0 aliphatic carbocycles. The smallest absolute Gasteiger partial charge is 0.272 e. The molecule has 0 aromatic heterocycles. The Hall–Kier alpha value is -1.46. The highest BCUT2D eigenvalue weighted by molar-refractivity contribution is 5.74. The van der Waals surface area contributed by atoms with Crippen LogP contribution < -0.4 is 10.5 Å². The van der Waals surface area contributed by atoms with Gasteiger partial charge in [-0.1, -0.05) is 0 Å². The van der Waals surface area contributed by atoms with Crippen molar-refractivity contribution in [3.8, 4) is 0 Å². The van der Waals surface area contributed by atoms with Crippen LogP contribution in [0.5, 0.6) is 0 Å². The van der Waals surface area contributed by atoms with Gasteiger partial charge in [-0.15, -0.1) is 0 Å². The van der Waals surface area contributed by atoms with Gasteiger partial charge in [0.05, 0.1) is 0 Å². The van der Waals surface area contributed by atoms with E-state index in [1.165, 1.54) is 13.3 Å². The first-order valence-corrected chi connectivity index (χ1v) is 2.29. The summed E-state index contributed by atoms with van der Waals surface area (Å²) in [5.41, 5.74) is 2.33. The molecule has 0 saturated carbocycles. The molecule has 0 unspecified atom stereocenters. The fourth-order valence-corrected chi connectivity index (χ4v) is 0.374.